The molecule has 1 unspecified atom stereocenters. The van der Waals surface area contributed by atoms with Crippen LogP contribution in [0.3, 0.4) is 0 Å². The van der Waals surface area contributed by atoms with Crippen LogP contribution in [0, 0.1) is 0 Å². The molecule has 0 aliphatic carbocycles. The molecule has 1 atom stereocenters. The molecule has 0 aromatic heterocycles. The van der Waals surface area contributed by atoms with Gasteiger partial charge in [0.05, 0.1) is 0 Å². The molecule has 1 rings (SSSR count). The third kappa shape index (κ3) is 3.73. The molecule has 0 fully saturated rings. The summed E-state index contributed by atoms with van der Waals surface area (Å²) in [5.41, 5.74) is 0.638. The average molecular weight is 222 g/mol. The highest BCUT2D eigenvalue weighted by Gasteiger charge is 2.18. The maximum absolute atomic E-state index is 11.2. The van der Waals surface area contributed by atoms with Gasteiger partial charge >= 0.3 is 11.9 Å². The summed E-state index contributed by atoms with van der Waals surface area (Å²) in [6, 6.07) is 8.86. The van der Waals surface area contributed by atoms with E-state index in [0.717, 1.165) is 0 Å². The SMILES string of the molecule is CCC(=O)OC(OC(C)=O)c1ccccc1. The van der Waals surface area contributed by atoms with Gasteiger partial charge in [0.1, 0.15) is 0 Å². The van der Waals surface area contributed by atoms with Crippen LogP contribution in [-0.2, 0) is 19.1 Å². The van der Waals surface area contributed by atoms with Crippen molar-refractivity contribution in [2.75, 3.05) is 0 Å². The lowest BCUT2D eigenvalue weighted by atomic mass is 10.2. The van der Waals surface area contributed by atoms with Gasteiger partial charge in [-0.25, -0.2) is 0 Å². The van der Waals surface area contributed by atoms with Crippen LogP contribution in [0.1, 0.15) is 32.1 Å². The van der Waals surface area contributed by atoms with Crippen LogP contribution in [0.25, 0.3) is 0 Å². The Morgan fingerprint density at radius 2 is 1.81 bits per heavy atom. The first kappa shape index (κ1) is 12.2. The van der Waals surface area contributed by atoms with Crippen molar-refractivity contribution >= 4 is 11.9 Å². The van der Waals surface area contributed by atoms with Crippen molar-refractivity contribution in [3.63, 3.8) is 0 Å². The molecule has 0 saturated heterocycles. The normalized spacial score (nSPS) is 11.6. The lowest BCUT2D eigenvalue weighted by molar-refractivity contribution is -0.188. The summed E-state index contributed by atoms with van der Waals surface area (Å²) in [6.07, 6.45) is -0.712. The number of ether oxygens (including phenoxy) is 2. The van der Waals surface area contributed by atoms with Crippen LogP contribution in [-0.4, -0.2) is 11.9 Å². The number of benzene rings is 1. The molecule has 0 saturated carbocycles. The van der Waals surface area contributed by atoms with Crippen molar-refractivity contribution in [3.05, 3.63) is 35.9 Å². The van der Waals surface area contributed by atoms with Crippen molar-refractivity contribution in [2.24, 2.45) is 0 Å². The number of esters is 2. The molecule has 0 N–H and O–H groups in total. The highest BCUT2D eigenvalue weighted by molar-refractivity contribution is 5.70. The summed E-state index contributed by atoms with van der Waals surface area (Å²) in [5.74, 6) is -0.896. The molecule has 16 heavy (non-hydrogen) atoms. The van der Waals surface area contributed by atoms with Gasteiger partial charge in [0.25, 0.3) is 6.29 Å². The Bertz CT molecular complexity index is 359. The molecule has 0 heterocycles. The zero-order valence-electron chi connectivity index (χ0n) is 9.30. The van der Waals surface area contributed by atoms with Crippen molar-refractivity contribution in [3.8, 4) is 0 Å². The third-order valence-corrected chi connectivity index (χ3v) is 1.87. The lowest BCUT2D eigenvalue weighted by Gasteiger charge is -2.17. The standard InChI is InChI=1S/C12H14O4/c1-3-11(14)16-12(15-9(2)13)10-7-5-4-6-8-10/h4-8,12H,3H2,1-2H3. The Balaban J connectivity index is 2.79. The van der Waals surface area contributed by atoms with Crippen LogP contribution in [0.4, 0.5) is 0 Å². The second kappa shape index (κ2) is 5.90. The largest absolute Gasteiger partial charge is 0.421 e. The molecule has 1 aromatic carbocycles. The fourth-order valence-electron chi connectivity index (χ4n) is 1.12. The van der Waals surface area contributed by atoms with Crippen molar-refractivity contribution in [1.29, 1.82) is 0 Å². The number of hydrogen-bond donors (Lipinski definition) is 0. The number of rotatable bonds is 4. The number of carbonyl (C=O) groups is 2. The van der Waals surface area contributed by atoms with Gasteiger partial charge in [0.2, 0.25) is 0 Å². The van der Waals surface area contributed by atoms with Crippen molar-refractivity contribution < 1.29 is 19.1 Å². The van der Waals surface area contributed by atoms with E-state index in [4.69, 9.17) is 9.47 Å². The molecule has 4 nitrogen and oxygen atoms in total. The molecular formula is C12H14O4. The van der Waals surface area contributed by atoms with Gasteiger partial charge < -0.3 is 9.47 Å². The fourth-order valence-corrected chi connectivity index (χ4v) is 1.12. The quantitative estimate of drug-likeness (QED) is 0.579. The monoisotopic (exact) mass is 222 g/mol. The van der Waals surface area contributed by atoms with Gasteiger partial charge in [0.15, 0.2) is 0 Å². The van der Waals surface area contributed by atoms with E-state index in [-0.39, 0.29) is 6.42 Å². The topological polar surface area (TPSA) is 52.6 Å². The second-order valence-corrected chi connectivity index (χ2v) is 3.20. The maximum Gasteiger partial charge on any atom is 0.308 e. The van der Waals surface area contributed by atoms with E-state index in [2.05, 4.69) is 0 Å². The van der Waals surface area contributed by atoms with Gasteiger partial charge in [-0.1, -0.05) is 37.3 Å². The van der Waals surface area contributed by atoms with Gasteiger partial charge in [0, 0.05) is 18.9 Å². The zero-order valence-corrected chi connectivity index (χ0v) is 9.30. The molecule has 86 valence electrons. The van der Waals surface area contributed by atoms with Crippen LogP contribution >= 0.6 is 0 Å². The molecule has 0 spiro atoms. The van der Waals surface area contributed by atoms with Gasteiger partial charge in [-0.05, 0) is 0 Å². The summed E-state index contributed by atoms with van der Waals surface area (Å²) in [7, 11) is 0. The Morgan fingerprint density at radius 3 is 2.31 bits per heavy atom. The molecule has 1 aromatic rings. The van der Waals surface area contributed by atoms with Gasteiger partial charge in [-0.15, -0.1) is 0 Å². The summed E-state index contributed by atoms with van der Waals surface area (Å²) in [4.78, 5) is 22.0. The molecule has 0 amide bonds. The van der Waals surface area contributed by atoms with Crippen molar-refractivity contribution in [2.45, 2.75) is 26.6 Å². The summed E-state index contributed by atoms with van der Waals surface area (Å²) in [6.45, 7) is 2.95. The minimum absolute atomic E-state index is 0.241. The number of hydrogen-bond acceptors (Lipinski definition) is 4. The minimum Gasteiger partial charge on any atom is -0.421 e. The van der Waals surface area contributed by atoms with Crippen LogP contribution < -0.4 is 0 Å². The predicted molar refractivity (Wildman–Crippen MR) is 57.3 cm³/mol. The van der Waals surface area contributed by atoms with Gasteiger partial charge in [-0.3, -0.25) is 9.59 Å². The summed E-state index contributed by atoms with van der Waals surface area (Å²) < 4.78 is 9.94. The van der Waals surface area contributed by atoms with Crippen molar-refractivity contribution in [1.82, 2.24) is 0 Å². The Morgan fingerprint density at radius 1 is 1.19 bits per heavy atom. The highest BCUT2D eigenvalue weighted by atomic mass is 16.7. The highest BCUT2D eigenvalue weighted by Crippen LogP contribution is 2.19. The molecule has 0 bridgehead atoms. The Labute approximate surface area is 94.2 Å². The lowest BCUT2D eigenvalue weighted by Crippen LogP contribution is -2.16. The first-order valence-electron chi connectivity index (χ1n) is 5.05. The first-order valence-corrected chi connectivity index (χ1v) is 5.05. The molecular weight excluding hydrogens is 208 g/mol. The molecule has 0 radical (unpaired) electrons. The summed E-state index contributed by atoms with van der Waals surface area (Å²) in [5, 5.41) is 0. The van der Waals surface area contributed by atoms with E-state index in [9.17, 15) is 9.59 Å². The predicted octanol–water partition coefficient (Wildman–Crippen LogP) is 2.20. The van der Waals surface area contributed by atoms with Crippen LogP contribution in [0.5, 0.6) is 0 Å². The first-order chi connectivity index (χ1) is 7.63. The van der Waals surface area contributed by atoms with E-state index in [1.54, 1.807) is 31.2 Å². The number of carbonyl (C=O) groups excluding carboxylic acids is 2. The Kier molecular flexibility index (Phi) is 4.51. The van der Waals surface area contributed by atoms with E-state index in [1.165, 1.54) is 6.92 Å². The molecule has 0 aliphatic rings. The van der Waals surface area contributed by atoms with E-state index < -0.39 is 18.2 Å². The van der Waals surface area contributed by atoms with Gasteiger partial charge in [-0.2, -0.15) is 0 Å². The van der Waals surface area contributed by atoms with E-state index >= 15 is 0 Å². The third-order valence-electron chi connectivity index (χ3n) is 1.87. The Hall–Kier alpha value is -1.84. The maximum atomic E-state index is 11.2. The summed E-state index contributed by atoms with van der Waals surface area (Å²) >= 11 is 0. The minimum atomic E-state index is -0.953. The molecule has 4 heteroatoms. The second-order valence-electron chi connectivity index (χ2n) is 3.20. The average Bonchev–Trinajstić information content (AvgIpc) is 2.28. The van der Waals surface area contributed by atoms with E-state index in [0.29, 0.717) is 5.56 Å². The van der Waals surface area contributed by atoms with Crippen LogP contribution in [0.2, 0.25) is 0 Å². The smallest absolute Gasteiger partial charge is 0.308 e. The van der Waals surface area contributed by atoms with Crippen LogP contribution in [0.15, 0.2) is 30.3 Å². The molecule has 0 aliphatic heterocycles. The zero-order chi connectivity index (χ0) is 12.0. The fraction of sp³-hybridized carbons (Fsp3) is 0.333. The van der Waals surface area contributed by atoms with E-state index in [1.807, 2.05) is 6.07 Å².